The number of methoxy groups -OCH3 is 1. The Morgan fingerprint density at radius 1 is 1.14 bits per heavy atom. The monoisotopic (exact) mass is 349 g/mol. The zero-order valence-electron chi connectivity index (χ0n) is 12.3. The number of nitrogens with two attached hydrogens (primary N) is 1. The molecule has 2 rings (SSSR count). The lowest BCUT2D eigenvalue weighted by molar-refractivity contribution is 0.0244. The molecule has 0 saturated heterocycles. The molecule has 0 aliphatic heterocycles. The molecule has 0 radical (unpaired) electrons. The first-order chi connectivity index (χ1) is 10.1. The minimum Gasteiger partial charge on any atom is -0.496 e. The summed E-state index contributed by atoms with van der Waals surface area (Å²) in [5, 5.41) is 0. The van der Waals surface area contributed by atoms with Crippen LogP contribution in [0.25, 0.3) is 0 Å². The topological polar surface area (TPSA) is 44.5 Å². The van der Waals surface area contributed by atoms with Crippen LogP contribution in [0.4, 0.5) is 0 Å². The standard InChI is InChI=1S/C17H20BrNO2/c1-12(19)17(15-8-3-4-9-16(15)20-2)21-11-13-6-5-7-14(18)10-13/h3-10,12,17H,11,19H2,1-2H3. The second-order valence-electron chi connectivity index (χ2n) is 4.96. The first kappa shape index (κ1) is 16.0. The molecule has 0 heterocycles. The summed E-state index contributed by atoms with van der Waals surface area (Å²) in [4.78, 5) is 0. The summed E-state index contributed by atoms with van der Waals surface area (Å²) in [6.07, 6.45) is -0.208. The molecular weight excluding hydrogens is 330 g/mol. The van der Waals surface area contributed by atoms with E-state index in [1.807, 2.05) is 55.5 Å². The van der Waals surface area contributed by atoms with Crippen LogP contribution in [0.1, 0.15) is 24.2 Å². The van der Waals surface area contributed by atoms with Crippen LogP contribution < -0.4 is 10.5 Å². The summed E-state index contributed by atoms with van der Waals surface area (Å²) in [7, 11) is 1.66. The third-order valence-electron chi connectivity index (χ3n) is 3.24. The highest BCUT2D eigenvalue weighted by molar-refractivity contribution is 9.10. The fraction of sp³-hybridized carbons (Fsp3) is 0.294. The fourth-order valence-corrected chi connectivity index (χ4v) is 2.69. The number of benzene rings is 2. The van der Waals surface area contributed by atoms with Gasteiger partial charge < -0.3 is 15.2 Å². The molecule has 2 unspecified atom stereocenters. The maximum atomic E-state index is 6.10. The van der Waals surface area contributed by atoms with Crippen LogP contribution in [0.15, 0.2) is 53.0 Å². The molecule has 0 bridgehead atoms. The van der Waals surface area contributed by atoms with Gasteiger partial charge in [-0.25, -0.2) is 0 Å². The zero-order valence-corrected chi connectivity index (χ0v) is 13.8. The van der Waals surface area contributed by atoms with Crippen molar-refractivity contribution in [3.63, 3.8) is 0 Å². The van der Waals surface area contributed by atoms with Crippen molar-refractivity contribution >= 4 is 15.9 Å². The number of hydrogen-bond acceptors (Lipinski definition) is 3. The zero-order chi connectivity index (χ0) is 15.2. The summed E-state index contributed by atoms with van der Waals surface area (Å²) >= 11 is 3.47. The van der Waals surface area contributed by atoms with Gasteiger partial charge in [0.25, 0.3) is 0 Å². The molecule has 21 heavy (non-hydrogen) atoms. The van der Waals surface area contributed by atoms with Gasteiger partial charge in [0.2, 0.25) is 0 Å². The quantitative estimate of drug-likeness (QED) is 0.854. The smallest absolute Gasteiger partial charge is 0.124 e. The van der Waals surface area contributed by atoms with Gasteiger partial charge in [0.1, 0.15) is 11.9 Å². The molecular formula is C17H20BrNO2. The highest BCUT2D eigenvalue weighted by Crippen LogP contribution is 2.30. The second-order valence-corrected chi connectivity index (χ2v) is 5.88. The van der Waals surface area contributed by atoms with E-state index in [9.17, 15) is 0 Å². The van der Waals surface area contributed by atoms with Gasteiger partial charge in [0.05, 0.1) is 13.7 Å². The third kappa shape index (κ3) is 4.30. The van der Waals surface area contributed by atoms with E-state index in [1.165, 1.54) is 0 Å². The predicted molar refractivity (Wildman–Crippen MR) is 88.3 cm³/mol. The molecule has 2 aromatic rings. The number of halogens is 1. The van der Waals surface area contributed by atoms with E-state index >= 15 is 0 Å². The Bertz CT molecular complexity index is 587. The average molecular weight is 350 g/mol. The van der Waals surface area contributed by atoms with Gasteiger partial charge in [-0.3, -0.25) is 0 Å². The molecule has 0 saturated carbocycles. The number of ether oxygens (including phenoxy) is 2. The lowest BCUT2D eigenvalue weighted by Crippen LogP contribution is -2.27. The van der Waals surface area contributed by atoms with E-state index in [0.717, 1.165) is 21.3 Å². The summed E-state index contributed by atoms with van der Waals surface area (Å²) in [6, 6.07) is 15.8. The van der Waals surface area contributed by atoms with Crippen molar-refractivity contribution in [2.24, 2.45) is 5.73 Å². The van der Waals surface area contributed by atoms with Crippen molar-refractivity contribution < 1.29 is 9.47 Å². The van der Waals surface area contributed by atoms with Gasteiger partial charge in [0.15, 0.2) is 0 Å². The molecule has 112 valence electrons. The Balaban J connectivity index is 2.16. The number of rotatable bonds is 6. The SMILES string of the molecule is COc1ccccc1C(OCc1cccc(Br)c1)C(C)N. The normalized spacial score (nSPS) is 13.7. The molecule has 0 aliphatic carbocycles. The van der Waals surface area contributed by atoms with E-state index < -0.39 is 0 Å². The van der Waals surface area contributed by atoms with Crippen molar-refractivity contribution in [1.29, 1.82) is 0 Å². The molecule has 0 spiro atoms. The Morgan fingerprint density at radius 2 is 1.90 bits per heavy atom. The fourth-order valence-electron chi connectivity index (χ4n) is 2.24. The first-order valence-electron chi connectivity index (χ1n) is 6.86. The maximum Gasteiger partial charge on any atom is 0.124 e. The van der Waals surface area contributed by atoms with Crippen molar-refractivity contribution in [1.82, 2.24) is 0 Å². The summed E-state index contributed by atoms with van der Waals surface area (Å²) in [6.45, 7) is 2.45. The van der Waals surface area contributed by atoms with Crippen LogP contribution in [0.2, 0.25) is 0 Å². The number of hydrogen-bond donors (Lipinski definition) is 1. The molecule has 0 aromatic heterocycles. The van der Waals surface area contributed by atoms with Crippen LogP contribution in [0, 0.1) is 0 Å². The van der Waals surface area contributed by atoms with E-state index in [2.05, 4.69) is 15.9 Å². The van der Waals surface area contributed by atoms with Gasteiger partial charge >= 0.3 is 0 Å². The predicted octanol–water partition coefficient (Wildman–Crippen LogP) is 4.06. The van der Waals surface area contributed by atoms with Crippen LogP contribution >= 0.6 is 15.9 Å². The molecule has 2 aromatic carbocycles. The van der Waals surface area contributed by atoms with Crippen molar-refractivity contribution in [2.45, 2.75) is 25.7 Å². The first-order valence-corrected chi connectivity index (χ1v) is 7.65. The maximum absolute atomic E-state index is 6.10. The Morgan fingerprint density at radius 3 is 2.57 bits per heavy atom. The average Bonchev–Trinajstić information content (AvgIpc) is 2.47. The molecule has 2 atom stereocenters. The molecule has 2 N–H and O–H groups in total. The van der Waals surface area contributed by atoms with Gasteiger partial charge in [-0.1, -0.05) is 46.3 Å². The minimum atomic E-state index is -0.208. The van der Waals surface area contributed by atoms with Gasteiger partial charge in [-0.15, -0.1) is 0 Å². The summed E-state index contributed by atoms with van der Waals surface area (Å²) < 4.78 is 12.5. The molecule has 3 nitrogen and oxygen atoms in total. The lowest BCUT2D eigenvalue weighted by Gasteiger charge is -2.23. The summed E-state index contributed by atoms with van der Waals surface area (Å²) in [5.41, 5.74) is 8.18. The highest BCUT2D eigenvalue weighted by Gasteiger charge is 2.20. The largest absolute Gasteiger partial charge is 0.496 e. The Hall–Kier alpha value is -1.36. The summed E-state index contributed by atoms with van der Waals surface area (Å²) in [5.74, 6) is 0.800. The minimum absolute atomic E-state index is 0.131. The van der Waals surface area contributed by atoms with E-state index in [0.29, 0.717) is 6.61 Å². The number of para-hydroxylation sites is 1. The van der Waals surface area contributed by atoms with Crippen molar-refractivity contribution in [2.75, 3.05) is 7.11 Å². The van der Waals surface area contributed by atoms with Crippen LogP contribution in [-0.2, 0) is 11.3 Å². The van der Waals surface area contributed by atoms with Crippen LogP contribution in [0.3, 0.4) is 0 Å². The van der Waals surface area contributed by atoms with Crippen molar-refractivity contribution in [3.8, 4) is 5.75 Å². The second kappa shape index (κ2) is 7.59. The van der Waals surface area contributed by atoms with Gasteiger partial charge in [-0.2, -0.15) is 0 Å². The van der Waals surface area contributed by atoms with Gasteiger partial charge in [0, 0.05) is 16.1 Å². The molecule has 4 heteroatoms. The van der Waals surface area contributed by atoms with E-state index in [-0.39, 0.29) is 12.1 Å². The van der Waals surface area contributed by atoms with E-state index in [4.69, 9.17) is 15.2 Å². The molecule has 0 amide bonds. The Kier molecular flexibility index (Phi) is 5.79. The van der Waals surface area contributed by atoms with Crippen LogP contribution in [0.5, 0.6) is 5.75 Å². The third-order valence-corrected chi connectivity index (χ3v) is 3.73. The van der Waals surface area contributed by atoms with Crippen molar-refractivity contribution in [3.05, 3.63) is 64.1 Å². The Labute approximate surface area is 134 Å². The lowest BCUT2D eigenvalue weighted by atomic mass is 10.0. The highest BCUT2D eigenvalue weighted by atomic mass is 79.9. The van der Waals surface area contributed by atoms with E-state index in [1.54, 1.807) is 7.11 Å². The molecule has 0 aliphatic rings. The van der Waals surface area contributed by atoms with Crippen LogP contribution in [-0.4, -0.2) is 13.2 Å². The van der Waals surface area contributed by atoms with Gasteiger partial charge in [-0.05, 0) is 30.7 Å². The molecule has 0 fully saturated rings.